The van der Waals surface area contributed by atoms with Crippen molar-refractivity contribution in [2.75, 3.05) is 11.1 Å². The molecule has 2 aromatic rings. The van der Waals surface area contributed by atoms with E-state index in [1.165, 1.54) is 10.8 Å². The molecule has 6 nitrogen and oxygen atoms in total. The number of nitrogens with two attached hydrogens (primary N) is 1. The molecule has 1 aliphatic carbocycles. The molecule has 0 aliphatic heterocycles. The Morgan fingerprint density at radius 3 is 2.62 bits per heavy atom. The van der Waals surface area contributed by atoms with Crippen LogP contribution in [0.4, 0.5) is 24.7 Å². The molecule has 140 valence electrons. The molecule has 0 spiro atoms. The van der Waals surface area contributed by atoms with Crippen LogP contribution in [-0.4, -0.2) is 20.4 Å². The van der Waals surface area contributed by atoms with E-state index in [2.05, 4.69) is 15.3 Å². The summed E-state index contributed by atoms with van der Waals surface area (Å²) in [5.41, 5.74) is 5.01. The lowest BCUT2D eigenvalue weighted by molar-refractivity contribution is -0.141. The van der Waals surface area contributed by atoms with Crippen LogP contribution >= 0.6 is 0 Å². The third-order valence-electron chi connectivity index (χ3n) is 4.62. The fourth-order valence-electron chi connectivity index (χ4n) is 3.27. The van der Waals surface area contributed by atoms with E-state index in [9.17, 15) is 18.0 Å². The summed E-state index contributed by atoms with van der Waals surface area (Å²) >= 11 is 0. The second-order valence-electron chi connectivity index (χ2n) is 6.57. The third kappa shape index (κ3) is 4.33. The number of hydrogen-bond acceptors (Lipinski definition) is 4. The van der Waals surface area contributed by atoms with E-state index in [1.54, 1.807) is 12.1 Å². The monoisotopic (exact) mass is 367 g/mol. The van der Waals surface area contributed by atoms with Gasteiger partial charge in [-0.2, -0.15) is 13.2 Å². The van der Waals surface area contributed by atoms with E-state index in [0.717, 1.165) is 38.2 Å². The molecule has 3 rings (SSSR count). The first-order valence-electron chi connectivity index (χ1n) is 8.46. The van der Waals surface area contributed by atoms with Gasteiger partial charge in [0.05, 0.1) is 18.2 Å². The maximum Gasteiger partial charge on any atom is 0.434 e. The average molecular weight is 367 g/mol. The summed E-state index contributed by atoms with van der Waals surface area (Å²) in [5, 5.41) is 2.65. The molecule has 3 N–H and O–H groups in total. The van der Waals surface area contributed by atoms with Crippen LogP contribution in [0, 0.1) is 5.92 Å². The number of carbonyl (C=O) groups excluding carboxylic acids is 1. The molecule has 0 aromatic carbocycles. The molecule has 1 aliphatic rings. The normalized spacial score (nSPS) is 16.6. The Kier molecular flexibility index (Phi) is 5.15. The Bertz CT molecular complexity index is 751. The van der Waals surface area contributed by atoms with E-state index in [4.69, 9.17) is 5.73 Å². The number of hydrogen-bond donors (Lipinski definition) is 2. The van der Waals surface area contributed by atoms with Crippen LogP contribution < -0.4 is 11.1 Å². The molecule has 9 heteroatoms. The summed E-state index contributed by atoms with van der Waals surface area (Å²) in [6.07, 6.45) is 3.39. The SMILES string of the molecule is Nc1ccc(NC(=O)[C@H](CC2CCCC2)n2cnc(C(F)(F)F)c2)nc1. The maximum absolute atomic E-state index is 12.9. The van der Waals surface area contributed by atoms with Gasteiger partial charge in [0.25, 0.3) is 0 Å². The van der Waals surface area contributed by atoms with Crippen LogP contribution in [0.15, 0.2) is 30.9 Å². The van der Waals surface area contributed by atoms with Gasteiger partial charge in [-0.1, -0.05) is 25.7 Å². The van der Waals surface area contributed by atoms with Gasteiger partial charge in [-0.25, -0.2) is 9.97 Å². The van der Waals surface area contributed by atoms with Crippen molar-refractivity contribution < 1.29 is 18.0 Å². The molecular formula is C17H20F3N5O. The largest absolute Gasteiger partial charge is 0.434 e. The summed E-state index contributed by atoms with van der Waals surface area (Å²) in [5.74, 6) is 0.193. The van der Waals surface area contributed by atoms with Crippen LogP contribution in [0.3, 0.4) is 0 Å². The van der Waals surface area contributed by atoms with Crippen molar-refractivity contribution in [2.45, 2.75) is 44.3 Å². The number of amides is 1. The van der Waals surface area contributed by atoms with Gasteiger partial charge >= 0.3 is 6.18 Å². The van der Waals surface area contributed by atoms with Gasteiger partial charge in [-0.3, -0.25) is 4.79 Å². The number of anilines is 2. The van der Waals surface area contributed by atoms with Crippen molar-refractivity contribution in [1.82, 2.24) is 14.5 Å². The molecule has 1 amide bonds. The lowest BCUT2D eigenvalue weighted by atomic mass is 9.97. The fraction of sp³-hybridized carbons (Fsp3) is 0.471. The molecule has 0 radical (unpaired) electrons. The van der Waals surface area contributed by atoms with E-state index in [1.807, 2.05) is 0 Å². The average Bonchev–Trinajstić information content (AvgIpc) is 3.25. The van der Waals surface area contributed by atoms with Crippen molar-refractivity contribution in [3.05, 3.63) is 36.5 Å². The van der Waals surface area contributed by atoms with Gasteiger partial charge in [-0.15, -0.1) is 0 Å². The molecule has 1 atom stereocenters. The third-order valence-corrected chi connectivity index (χ3v) is 4.62. The van der Waals surface area contributed by atoms with Crippen LogP contribution in [0.5, 0.6) is 0 Å². The number of nitrogens with zero attached hydrogens (tertiary/aromatic N) is 3. The highest BCUT2D eigenvalue weighted by Gasteiger charge is 2.35. The number of aromatic nitrogens is 3. The van der Waals surface area contributed by atoms with Crippen molar-refractivity contribution in [1.29, 1.82) is 0 Å². The smallest absolute Gasteiger partial charge is 0.397 e. The van der Waals surface area contributed by atoms with Gasteiger partial charge < -0.3 is 15.6 Å². The summed E-state index contributed by atoms with van der Waals surface area (Å²) in [4.78, 5) is 20.2. The van der Waals surface area contributed by atoms with Crippen LogP contribution in [-0.2, 0) is 11.0 Å². The first-order valence-corrected chi connectivity index (χ1v) is 8.46. The first-order chi connectivity index (χ1) is 12.3. The summed E-state index contributed by atoms with van der Waals surface area (Å²) in [6, 6.07) is 2.36. The van der Waals surface area contributed by atoms with Crippen molar-refractivity contribution in [3.8, 4) is 0 Å². The minimum Gasteiger partial charge on any atom is -0.397 e. The Balaban J connectivity index is 1.81. The number of nitrogens with one attached hydrogen (secondary N) is 1. The Morgan fingerprint density at radius 2 is 2.04 bits per heavy atom. The predicted molar refractivity (Wildman–Crippen MR) is 90.1 cm³/mol. The van der Waals surface area contributed by atoms with E-state index in [0.29, 0.717) is 23.8 Å². The van der Waals surface area contributed by atoms with Gasteiger partial charge in [0, 0.05) is 6.20 Å². The number of alkyl halides is 3. The number of halogens is 3. The van der Waals surface area contributed by atoms with E-state index in [-0.39, 0.29) is 0 Å². The number of pyridine rings is 1. The maximum atomic E-state index is 12.9. The highest BCUT2D eigenvalue weighted by molar-refractivity contribution is 5.93. The number of imidazole rings is 1. The minimum absolute atomic E-state index is 0.303. The summed E-state index contributed by atoms with van der Waals surface area (Å²) in [6.45, 7) is 0. The minimum atomic E-state index is -4.54. The molecule has 1 fully saturated rings. The molecule has 2 heterocycles. The summed E-state index contributed by atoms with van der Waals surface area (Å²) < 4.78 is 39.8. The first kappa shape index (κ1) is 18.2. The number of rotatable bonds is 5. The van der Waals surface area contributed by atoms with Crippen molar-refractivity contribution in [3.63, 3.8) is 0 Å². The standard InChI is InChI=1S/C17H20F3N5O/c18-17(19,20)14-9-25(10-23-14)13(7-11-3-1-2-4-11)16(26)24-15-6-5-12(21)8-22-15/h5-6,8-11,13H,1-4,7,21H2,(H,22,24,26)/t13-/m0/s1. The number of nitrogen functional groups attached to an aromatic ring is 1. The second kappa shape index (κ2) is 7.35. The molecule has 0 saturated heterocycles. The van der Waals surface area contributed by atoms with Crippen molar-refractivity contribution >= 4 is 17.4 Å². The van der Waals surface area contributed by atoms with Gasteiger partial charge in [0.2, 0.25) is 5.91 Å². The quantitative estimate of drug-likeness (QED) is 0.845. The lowest BCUT2D eigenvalue weighted by Gasteiger charge is -2.21. The Morgan fingerprint density at radius 1 is 1.31 bits per heavy atom. The Hall–Kier alpha value is -2.58. The van der Waals surface area contributed by atoms with Gasteiger partial charge in [0.15, 0.2) is 5.69 Å². The van der Waals surface area contributed by atoms with Crippen molar-refractivity contribution in [2.24, 2.45) is 5.92 Å². The molecule has 0 bridgehead atoms. The zero-order valence-electron chi connectivity index (χ0n) is 14.0. The lowest BCUT2D eigenvalue weighted by Crippen LogP contribution is -2.27. The van der Waals surface area contributed by atoms with E-state index >= 15 is 0 Å². The van der Waals surface area contributed by atoms with E-state index < -0.39 is 23.8 Å². The Labute approximate surface area is 148 Å². The molecule has 26 heavy (non-hydrogen) atoms. The molecular weight excluding hydrogens is 347 g/mol. The summed E-state index contributed by atoms with van der Waals surface area (Å²) in [7, 11) is 0. The second-order valence-corrected chi connectivity index (χ2v) is 6.57. The topological polar surface area (TPSA) is 85.8 Å². The van der Waals surface area contributed by atoms with Gasteiger partial charge in [-0.05, 0) is 24.5 Å². The zero-order chi connectivity index (χ0) is 18.7. The fourth-order valence-corrected chi connectivity index (χ4v) is 3.27. The van der Waals surface area contributed by atoms with Crippen LogP contribution in [0.2, 0.25) is 0 Å². The highest BCUT2D eigenvalue weighted by atomic mass is 19.4. The molecule has 1 saturated carbocycles. The van der Waals surface area contributed by atoms with Crippen LogP contribution in [0.25, 0.3) is 0 Å². The van der Waals surface area contributed by atoms with Crippen LogP contribution in [0.1, 0.15) is 43.8 Å². The number of carbonyl (C=O) groups is 1. The molecule has 2 aromatic heterocycles. The highest BCUT2D eigenvalue weighted by Crippen LogP contribution is 2.34. The van der Waals surface area contributed by atoms with Gasteiger partial charge in [0.1, 0.15) is 11.9 Å². The predicted octanol–water partition coefficient (Wildman–Crippen LogP) is 3.64. The molecule has 0 unspecified atom stereocenters. The zero-order valence-corrected chi connectivity index (χ0v) is 14.0.